The number of phosphoric acid groups is 2. The summed E-state index contributed by atoms with van der Waals surface area (Å²) in [6, 6.07) is 2.79. The van der Waals surface area contributed by atoms with E-state index in [-0.39, 0.29) is 36.4 Å². The molecule has 1 aromatic carbocycles. The summed E-state index contributed by atoms with van der Waals surface area (Å²) in [5, 5.41) is 55.4. The number of nitro groups is 1. The Kier molecular flexibility index (Phi) is 20.8. The number of benzene rings is 1. The summed E-state index contributed by atoms with van der Waals surface area (Å²) in [6.45, 7) is 3.30. The molecule has 2 aliphatic heterocycles. The van der Waals surface area contributed by atoms with Crippen LogP contribution in [0.5, 0.6) is 0 Å². The Morgan fingerprint density at radius 1 is 0.969 bits per heavy atom. The van der Waals surface area contributed by atoms with Gasteiger partial charge in [-0.3, -0.25) is 42.5 Å². The van der Waals surface area contributed by atoms with Gasteiger partial charge in [-0.25, -0.2) is 9.13 Å². The highest BCUT2D eigenvalue weighted by Gasteiger charge is 2.46. The van der Waals surface area contributed by atoms with Gasteiger partial charge >= 0.3 is 15.6 Å². The molecule has 12 unspecified atom stereocenters. The van der Waals surface area contributed by atoms with Crippen molar-refractivity contribution in [3.63, 3.8) is 0 Å². The van der Waals surface area contributed by atoms with E-state index in [9.17, 15) is 53.9 Å². The highest BCUT2D eigenvalue weighted by molar-refractivity contribution is 7.47. The number of phosphoric ester groups is 2. The van der Waals surface area contributed by atoms with Crippen LogP contribution in [0.2, 0.25) is 0 Å². The van der Waals surface area contributed by atoms with Crippen molar-refractivity contribution in [2.24, 2.45) is 0 Å². The molecule has 0 saturated carbocycles. The van der Waals surface area contributed by atoms with Crippen molar-refractivity contribution in [1.82, 2.24) is 25.6 Å². The number of methoxy groups -OCH3 is 2. The normalized spacial score (nSPS) is 26.2. The fraction of sp³-hybridized carbons (Fsp3) is 0.730. The van der Waals surface area contributed by atoms with Crippen LogP contribution in [0.1, 0.15) is 74.0 Å². The van der Waals surface area contributed by atoms with E-state index in [1.54, 1.807) is 24.7 Å². The van der Waals surface area contributed by atoms with Gasteiger partial charge in [0.1, 0.15) is 36.6 Å². The number of ether oxygens (including phenoxy) is 4. The predicted molar refractivity (Wildman–Crippen MR) is 221 cm³/mol. The SMILES string of the molecule is COCC1OC(C)C(O)C1OP(=O)(O)OCC(CO)NC(=O)CCCn1cc(CCCCNC(=O)c2ccc([N+](=O)[O-])c(C(C)COP(=O)(O)OCC3OC(C)C(O)C3OC)c2)nn1. The van der Waals surface area contributed by atoms with Crippen LogP contribution in [0.3, 0.4) is 0 Å². The van der Waals surface area contributed by atoms with E-state index in [1.807, 2.05) is 0 Å². The van der Waals surface area contributed by atoms with Gasteiger partial charge in [-0.1, -0.05) is 12.1 Å². The number of unbranched alkanes of at least 4 members (excludes halogenated alkanes) is 1. The number of aliphatic hydroxyl groups excluding tert-OH is 3. The minimum absolute atomic E-state index is 0.00117. The van der Waals surface area contributed by atoms with Crippen molar-refractivity contribution in [1.29, 1.82) is 0 Å². The third-order valence-electron chi connectivity index (χ3n) is 10.5. The van der Waals surface area contributed by atoms with Crippen LogP contribution in [-0.2, 0) is 63.9 Å². The minimum Gasteiger partial charge on any atom is -0.394 e. The maximum Gasteiger partial charge on any atom is 0.472 e. The van der Waals surface area contributed by atoms with Crippen molar-refractivity contribution < 1.29 is 85.8 Å². The number of hydrogen-bond acceptors (Lipinski definition) is 19. The van der Waals surface area contributed by atoms with E-state index in [0.29, 0.717) is 37.9 Å². The van der Waals surface area contributed by atoms with E-state index in [4.69, 9.17) is 37.0 Å². The summed E-state index contributed by atoms with van der Waals surface area (Å²) in [5.74, 6) is -1.75. The van der Waals surface area contributed by atoms with Crippen LogP contribution in [0.15, 0.2) is 24.4 Å². The lowest BCUT2D eigenvalue weighted by atomic mass is 9.97. The average molecular weight is 955 g/mol. The Labute approximate surface area is 369 Å². The molecule has 7 N–H and O–H groups in total. The van der Waals surface area contributed by atoms with Crippen molar-refractivity contribution in [2.75, 3.05) is 53.8 Å². The zero-order chi connectivity index (χ0) is 47.2. The van der Waals surface area contributed by atoms with Gasteiger partial charge in [-0.15, -0.1) is 5.10 Å². The smallest absolute Gasteiger partial charge is 0.394 e. The molecule has 0 aliphatic carbocycles. The summed E-state index contributed by atoms with van der Waals surface area (Å²) >= 11 is 0. The first-order chi connectivity index (χ1) is 30.3. The summed E-state index contributed by atoms with van der Waals surface area (Å²) < 4.78 is 68.3. The maximum atomic E-state index is 13.0. The molecule has 64 heavy (non-hydrogen) atoms. The lowest BCUT2D eigenvalue weighted by molar-refractivity contribution is -0.385. The molecule has 27 heteroatoms. The Bertz CT molecular complexity index is 1930. The second-order valence-electron chi connectivity index (χ2n) is 15.5. The molecule has 362 valence electrons. The standard InChI is InChI=1S/C37H60N6O19P2/c1-22(18-57-63(51,52)59-21-31-35(56-5)33(46)23(2)61-31)28-15-25(11-12-29(28)43(49)50)37(48)38-13-7-6-9-26-16-42(41-40-26)14-8-10-32(45)39-27(17-44)19-58-64(53,54)62-36-30(20-55-4)60-24(3)34(36)47/h11-12,15-16,22-24,27,30-31,33-36,44,46-47H,6-10,13-14,17-21H2,1-5H3,(H,38,48)(H,39,45)(H,51,52)(H,53,54). The Hall–Kier alpha value is -3.36. The molecule has 2 aliphatic rings. The third-order valence-corrected chi connectivity index (χ3v) is 12.4. The van der Waals surface area contributed by atoms with Crippen molar-refractivity contribution in [2.45, 2.75) is 120 Å². The van der Waals surface area contributed by atoms with Crippen LogP contribution < -0.4 is 10.6 Å². The number of nitrogens with zero attached hydrogens (tertiary/aromatic N) is 4. The lowest BCUT2D eigenvalue weighted by Crippen LogP contribution is -2.41. The molecule has 0 spiro atoms. The van der Waals surface area contributed by atoms with Crippen LogP contribution >= 0.6 is 15.6 Å². The zero-order valence-electron chi connectivity index (χ0n) is 36.2. The second kappa shape index (κ2) is 25.0. The van der Waals surface area contributed by atoms with Gasteiger partial charge in [0, 0.05) is 63.0 Å². The predicted octanol–water partition coefficient (Wildman–Crippen LogP) is 0.893. The number of nitrogens with one attached hydrogen (secondary N) is 2. The topological polar surface area (TPSA) is 341 Å². The number of aromatic nitrogens is 3. The molecule has 25 nitrogen and oxygen atoms in total. The molecule has 0 radical (unpaired) electrons. The molecular weight excluding hydrogens is 894 g/mol. The fourth-order valence-electron chi connectivity index (χ4n) is 6.96. The van der Waals surface area contributed by atoms with Gasteiger partial charge in [0.25, 0.3) is 11.6 Å². The van der Waals surface area contributed by atoms with Crippen LogP contribution in [-0.4, -0.2) is 166 Å². The molecule has 0 bridgehead atoms. The number of nitro benzene ring substituents is 1. The molecule has 2 fully saturated rings. The van der Waals surface area contributed by atoms with E-state index < -0.39 is 120 Å². The van der Waals surface area contributed by atoms with Gasteiger partial charge in [-0.2, -0.15) is 0 Å². The first-order valence-electron chi connectivity index (χ1n) is 20.6. The van der Waals surface area contributed by atoms with E-state index in [0.717, 1.165) is 0 Å². The second-order valence-corrected chi connectivity index (χ2v) is 18.3. The Morgan fingerprint density at radius 3 is 2.30 bits per heavy atom. The van der Waals surface area contributed by atoms with Gasteiger partial charge < -0.3 is 54.7 Å². The van der Waals surface area contributed by atoms with Crippen LogP contribution in [0.25, 0.3) is 0 Å². The molecule has 4 rings (SSSR count). The van der Waals surface area contributed by atoms with Crippen LogP contribution in [0.4, 0.5) is 5.69 Å². The fourth-order valence-corrected chi connectivity index (χ4v) is 8.78. The largest absolute Gasteiger partial charge is 0.472 e. The van der Waals surface area contributed by atoms with E-state index in [1.165, 1.54) is 39.3 Å². The minimum atomic E-state index is -4.73. The lowest BCUT2D eigenvalue weighted by Gasteiger charge is -2.24. The van der Waals surface area contributed by atoms with Crippen LogP contribution in [0, 0.1) is 10.1 Å². The quantitative estimate of drug-likeness (QED) is 0.0269. The monoisotopic (exact) mass is 954 g/mol. The van der Waals surface area contributed by atoms with Crippen molar-refractivity contribution in [3.05, 3.63) is 51.3 Å². The molecule has 2 saturated heterocycles. The summed E-state index contributed by atoms with van der Waals surface area (Å²) in [5.41, 5.74) is 0.599. The number of carbonyl (C=O) groups excluding carboxylic acids is 2. The maximum absolute atomic E-state index is 13.0. The van der Waals surface area contributed by atoms with Gasteiger partial charge in [0.2, 0.25) is 5.91 Å². The number of carbonyl (C=O) groups is 2. The number of hydrogen-bond donors (Lipinski definition) is 7. The first kappa shape index (κ1) is 53.3. The summed E-state index contributed by atoms with van der Waals surface area (Å²) in [4.78, 5) is 57.2. The highest BCUT2D eigenvalue weighted by atomic mass is 31.2. The number of aryl methyl sites for hydroxylation is 2. The molecular formula is C37H60N6O19P2. The Morgan fingerprint density at radius 2 is 1.64 bits per heavy atom. The van der Waals surface area contributed by atoms with Gasteiger partial charge in [0.15, 0.2) is 0 Å². The van der Waals surface area contributed by atoms with E-state index >= 15 is 0 Å². The summed E-state index contributed by atoms with van der Waals surface area (Å²) in [7, 11) is -6.64. The highest BCUT2D eigenvalue weighted by Crippen LogP contribution is 2.48. The van der Waals surface area contributed by atoms with E-state index in [2.05, 4.69) is 20.9 Å². The van der Waals surface area contributed by atoms with Crippen molar-refractivity contribution >= 4 is 33.1 Å². The zero-order valence-corrected chi connectivity index (χ0v) is 38.0. The number of aliphatic hydroxyl groups is 3. The number of rotatable bonds is 28. The van der Waals surface area contributed by atoms with Gasteiger partial charge in [0.05, 0.1) is 61.9 Å². The third kappa shape index (κ3) is 15.9. The molecule has 3 heterocycles. The molecule has 2 amide bonds. The first-order valence-corrected chi connectivity index (χ1v) is 23.6. The van der Waals surface area contributed by atoms with Crippen molar-refractivity contribution in [3.8, 4) is 0 Å². The molecule has 1 aromatic heterocycles. The number of amides is 2. The Balaban J connectivity index is 1.14. The molecule has 2 aromatic rings. The summed E-state index contributed by atoms with van der Waals surface area (Å²) in [6.07, 6.45) is -3.26. The molecule has 12 atom stereocenters. The van der Waals surface area contributed by atoms with Gasteiger partial charge in [-0.05, 0) is 51.7 Å². The average Bonchev–Trinajstić information content (AvgIpc) is 3.90.